The quantitative estimate of drug-likeness (QED) is 0.891. The number of anilines is 1. The molecule has 1 N–H and O–H groups in total. The Kier molecular flexibility index (Phi) is 5.43. The second kappa shape index (κ2) is 7.31. The van der Waals surface area contributed by atoms with Gasteiger partial charge >= 0.3 is 0 Å². The largest absolute Gasteiger partial charge is 0.382 e. The molecule has 1 heterocycles. The molecule has 0 radical (unpaired) electrons. The molecule has 1 aliphatic heterocycles. The molecular formula is C17H25N3. The molecule has 0 amide bonds. The number of benzene rings is 1. The molecule has 0 aliphatic carbocycles. The smallest absolute Gasteiger partial charge is 0.0991 e. The summed E-state index contributed by atoms with van der Waals surface area (Å²) in [6, 6.07) is 10.4. The lowest BCUT2D eigenvalue weighted by molar-refractivity contribution is 0.165. The average Bonchev–Trinajstić information content (AvgIpc) is 2.48. The normalized spacial score (nSPS) is 21.1. The molecule has 2 rings (SSSR count). The molecule has 0 bridgehead atoms. The van der Waals surface area contributed by atoms with E-state index >= 15 is 0 Å². The maximum absolute atomic E-state index is 8.82. The summed E-state index contributed by atoms with van der Waals surface area (Å²) in [5.74, 6) is 0.714. The van der Waals surface area contributed by atoms with Crippen molar-refractivity contribution in [2.45, 2.75) is 39.2 Å². The van der Waals surface area contributed by atoms with Gasteiger partial charge in [0.2, 0.25) is 0 Å². The van der Waals surface area contributed by atoms with Gasteiger partial charge in [-0.05, 0) is 69.5 Å². The van der Waals surface area contributed by atoms with Crippen LogP contribution in [-0.2, 0) is 0 Å². The zero-order valence-corrected chi connectivity index (χ0v) is 12.6. The van der Waals surface area contributed by atoms with Gasteiger partial charge in [0.15, 0.2) is 0 Å². The van der Waals surface area contributed by atoms with Gasteiger partial charge in [-0.25, -0.2) is 0 Å². The lowest BCUT2D eigenvalue weighted by Gasteiger charge is -2.36. The first-order valence-electron chi connectivity index (χ1n) is 7.72. The molecule has 0 saturated carbocycles. The minimum atomic E-state index is 0.475. The Morgan fingerprint density at radius 3 is 2.80 bits per heavy atom. The zero-order chi connectivity index (χ0) is 14.4. The highest BCUT2D eigenvalue weighted by atomic mass is 15.1. The van der Waals surface area contributed by atoms with Crippen LogP contribution in [0.25, 0.3) is 0 Å². The minimum Gasteiger partial charge on any atom is -0.382 e. The van der Waals surface area contributed by atoms with Crippen molar-refractivity contribution >= 4 is 5.69 Å². The van der Waals surface area contributed by atoms with E-state index in [9.17, 15) is 0 Å². The number of likely N-dealkylation sites (tertiary alicyclic amines) is 1. The van der Waals surface area contributed by atoms with Gasteiger partial charge in [-0.1, -0.05) is 6.92 Å². The standard InChI is InChI=1S/C17H25N3/c1-3-10-20-11-4-5-16(13-20)14(2)19-17-8-6-15(12-18)7-9-17/h6-9,14,16,19H,3-5,10-11,13H2,1-2H3. The van der Waals surface area contributed by atoms with E-state index in [0.717, 1.165) is 11.3 Å². The number of rotatable bonds is 5. The number of nitrogens with zero attached hydrogens (tertiary/aromatic N) is 2. The van der Waals surface area contributed by atoms with Gasteiger partial charge < -0.3 is 10.2 Å². The summed E-state index contributed by atoms with van der Waals surface area (Å²) in [5, 5.41) is 12.4. The Labute approximate surface area is 122 Å². The Balaban J connectivity index is 1.90. The first-order valence-corrected chi connectivity index (χ1v) is 7.72. The van der Waals surface area contributed by atoms with E-state index in [2.05, 4.69) is 30.1 Å². The van der Waals surface area contributed by atoms with Gasteiger partial charge in [-0.2, -0.15) is 5.26 Å². The van der Waals surface area contributed by atoms with Crippen LogP contribution in [0, 0.1) is 17.2 Å². The molecule has 1 saturated heterocycles. The molecule has 1 aromatic carbocycles. The van der Waals surface area contributed by atoms with Crippen molar-refractivity contribution in [1.82, 2.24) is 4.90 Å². The summed E-state index contributed by atoms with van der Waals surface area (Å²) in [7, 11) is 0. The average molecular weight is 271 g/mol. The fourth-order valence-electron chi connectivity index (χ4n) is 3.04. The van der Waals surface area contributed by atoms with E-state index in [1.807, 2.05) is 24.3 Å². The van der Waals surface area contributed by atoms with E-state index in [4.69, 9.17) is 5.26 Å². The summed E-state index contributed by atoms with van der Waals surface area (Å²) >= 11 is 0. The molecule has 1 fully saturated rings. The van der Waals surface area contributed by atoms with Crippen LogP contribution in [0.1, 0.15) is 38.7 Å². The van der Waals surface area contributed by atoms with Gasteiger partial charge in [0.05, 0.1) is 11.6 Å². The fraction of sp³-hybridized carbons (Fsp3) is 0.588. The van der Waals surface area contributed by atoms with Crippen molar-refractivity contribution in [1.29, 1.82) is 5.26 Å². The van der Waals surface area contributed by atoms with Gasteiger partial charge in [-0.15, -0.1) is 0 Å². The summed E-state index contributed by atoms with van der Waals surface area (Å²) in [5.41, 5.74) is 1.83. The second-order valence-corrected chi connectivity index (χ2v) is 5.83. The lowest BCUT2D eigenvalue weighted by atomic mass is 9.91. The van der Waals surface area contributed by atoms with Crippen molar-refractivity contribution < 1.29 is 0 Å². The SMILES string of the molecule is CCCN1CCCC(C(C)Nc2ccc(C#N)cc2)C1. The molecule has 3 nitrogen and oxygen atoms in total. The van der Waals surface area contributed by atoms with Gasteiger partial charge in [0.25, 0.3) is 0 Å². The molecule has 0 aromatic heterocycles. The highest BCUT2D eigenvalue weighted by Crippen LogP contribution is 2.22. The molecule has 108 valence electrons. The molecule has 20 heavy (non-hydrogen) atoms. The van der Waals surface area contributed by atoms with E-state index in [1.165, 1.54) is 38.9 Å². The first-order chi connectivity index (χ1) is 9.72. The highest BCUT2D eigenvalue weighted by molar-refractivity contribution is 5.47. The van der Waals surface area contributed by atoms with Crippen molar-refractivity contribution in [3.8, 4) is 6.07 Å². The third-order valence-corrected chi connectivity index (χ3v) is 4.20. The molecular weight excluding hydrogens is 246 g/mol. The lowest BCUT2D eigenvalue weighted by Crippen LogP contribution is -2.42. The number of nitrogens with one attached hydrogen (secondary N) is 1. The van der Waals surface area contributed by atoms with Crippen LogP contribution in [-0.4, -0.2) is 30.6 Å². The van der Waals surface area contributed by atoms with Gasteiger partial charge in [0, 0.05) is 18.3 Å². The molecule has 1 aliphatic rings. The van der Waals surface area contributed by atoms with E-state index in [1.54, 1.807) is 0 Å². The van der Waals surface area contributed by atoms with Crippen LogP contribution in [0.4, 0.5) is 5.69 Å². The van der Waals surface area contributed by atoms with Crippen LogP contribution in [0.3, 0.4) is 0 Å². The fourth-order valence-corrected chi connectivity index (χ4v) is 3.04. The van der Waals surface area contributed by atoms with Gasteiger partial charge in [0.1, 0.15) is 0 Å². The Bertz CT molecular complexity index is 444. The Morgan fingerprint density at radius 2 is 2.15 bits per heavy atom. The van der Waals surface area contributed by atoms with E-state index < -0.39 is 0 Å². The number of hydrogen-bond donors (Lipinski definition) is 1. The second-order valence-electron chi connectivity index (χ2n) is 5.83. The third kappa shape index (κ3) is 3.98. The summed E-state index contributed by atoms with van der Waals surface area (Å²) in [4.78, 5) is 2.59. The van der Waals surface area contributed by atoms with Crippen LogP contribution in [0.5, 0.6) is 0 Å². The molecule has 0 spiro atoms. The Morgan fingerprint density at radius 1 is 1.40 bits per heavy atom. The molecule has 2 unspecified atom stereocenters. The van der Waals surface area contributed by atoms with E-state index in [0.29, 0.717) is 12.0 Å². The summed E-state index contributed by atoms with van der Waals surface area (Å²) < 4.78 is 0. The van der Waals surface area contributed by atoms with Crippen LogP contribution in [0.15, 0.2) is 24.3 Å². The summed E-state index contributed by atoms with van der Waals surface area (Å²) in [6.45, 7) is 8.21. The third-order valence-electron chi connectivity index (χ3n) is 4.20. The molecule has 1 aromatic rings. The predicted octanol–water partition coefficient (Wildman–Crippen LogP) is 3.48. The number of nitriles is 1. The van der Waals surface area contributed by atoms with Crippen LogP contribution >= 0.6 is 0 Å². The monoisotopic (exact) mass is 271 g/mol. The highest BCUT2D eigenvalue weighted by Gasteiger charge is 2.23. The van der Waals surface area contributed by atoms with Crippen molar-refractivity contribution in [2.24, 2.45) is 5.92 Å². The number of piperidine rings is 1. The molecule has 3 heteroatoms. The predicted molar refractivity (Wildman–Crippen MR) is 83.7 cm³/mol. The zero-order valence-electron chi connectivity index (χ0n) is 12.6. The summed E-state index contributed by atoms with van der Waals surface area (Å²) in [6.07, 6.45) is 3.86. The van der Waals surface area contributed by atoms with E-state index in [-0.39, 0.29) is 0 Å². The van der Waals surface area contributed by atoms with Crippen molar-refractivity contribution in [3.05, 3.63) is 29.8 Å². The number of hydrogen-bond acceptors (Lipinski definition) is 3. The Hall–Kier alpha value is -1.53. The minimum absolute atomic E-state index is 0.475. The maximum Gasteiger partial charge on any atom is 0.0991 e. The topological polar surface area (TPSA) is 39.1 Å². The van der Waals surface area contributed by atoms with Crippen LogP contribution in [0.2, 0.25) is 0 Å². The first kappa shape index (κ1) is 14.9. The van der Waals surface area contributed by atoms with Crippen molar-refractivity contribution in [2.75, 3.05) is 25.0 Å². The van der Waals surface area contributed by atoms with Gasteiger partial charge in [-0.3, -0.25) is 0 Å². The maximum atomic E-state index is 8.82. The molecule has 2 atom stereocenters. The van der Waals surface area contributed by atoms with Crippen LogP contribution < -0.4 is 5.32 Å². The van der Waals surface area contributed by atoms with Crippen molar-refractivity contribution in [3.63, 3.8) is 0 Å².